The van der Waals surface area contributed by atoms with Crippen molar-refractivity contribution in [3.63, 3.8) is 0 Å². The third-order valence-electron chi connectivity index (χ3n) is 4.19. The van der Waals surface area contributed by atoms with Crippen molar-refractivity contribution in [1.29, 1.82) is 0 Å². The Labute approximate surface area is 150 Å². The summed E-state index contributed by atoms with van der Waals surface area (Å²) in [5, 5.41) is 12.6. The summed E-state index contributed by atoms with van der Waals surface area (Å²) in [6.45, 7) is 3.72. The number of pyridine rings is 1. The summed E-state index contributed by atoms with van der Waals surface area (Å²) in [5.41, 5.74) is 5.13. The van der Waals surface area contributed by atoms with Gasteiger partial charge in [0, 0.05) is 30.6 Å². The molecule has 0 saturated carbocycles. The lowest BCUT2D eigenvalue weighted by atomic mass is 10.1. The SMILES string of the molecule is COc1cc(-c2cnn(C)c2)cn2ncc(C#Cc3c(C)noc3C)c12. The second kappa shape index (κ2) is 6.08. The largest absolute Gasteiger partial charge is 0.494 e. The van der Waals surface area contributed by atoms with Crippen molar-refractivity contribution < 1.29 is 9.26 Å². The standard InChI is InChI=1S/C19H17N5O2/c1-12-17(13(2)26-22-12)6-5-14-8-21-24-11-15(7-18(25-4)19(14)24)16-9-20-23(3)10-16/h7-11H,1-4H3. The van der Waals surface area contributed by atoms with Gasteiger partial charge in [-0.15, -0.1) is 0 Å². The number of hydrogen-bond acceptors (Lipinski definition) is 5. The Bertz CT molecular complexity index is 1150. The normalized spacial score (nSPS) is 10.8. The molecular formula is C19H17N5O2. The van der Waals surface area contributed by atoms with Crippen LogP contribution in [0.15, 0.2) is 35.4 Å². The van der Waals surface area contributed by atoms with Crippen LogP contribution in [0.25, 0.3) is 16.6 Å². The lowest BCUT2D eigenvalue weighted by molar-refractivity contribution is 0.393. The first-order valence-corrected chi connectivity index (χ1v) is 8.06. The Hall–Kier alpha value is -3.53. The molecule has 0 radical (unpaired) electrons. The maximum absolute atomic E-state index is 5.59. The van der Waals surface area contributed by atoms with Crippen molar-refractivity contribution in [3.8, 4) is 28.7 Å². The lowest BCUT2D eigenvalue weighted by Crippen LogP contribution is -1.94. The number of ether oxygens (including phenoxy) is 1. The summed E-state index contributed by atoms with van der Waals surface area (Å²) >= 11 is 0. The van der Waals surface area contributed by atoms with E-state index in [4.69, 9.17) is 9.26 Å². The summed E-state index contributed by atoms with van der Waals surface area (Å²) in [4.78, 5) is 0. The van der Waals surface area contributed by atoms with E-state index in [2.05, 4.69) is 27.2 Å². The van der Waals surface area contributed by atoms with E-state index in [1.807, 2.05) is 45.6 Å². The number of aromatic nitrogens is 5. The third-order valence-corrected chi connectivity index (χ3v) is 4.19. The van der Waals surface area contributed by atoms with Gasteiger partial charge in [-0.3, -0.25) is 4.68 Å². The predicted octanol–water partition coefficient (Wildman–Crippen LogP) is 2.75. The smallest absolute Gasteiger partial charge is 0.149 e. The summed E-state index contributed by atoms with van der Waals surface area (Å²) in [6, 6.07) is 1.97. The molecule has 7 nitrogen and oxygen atoms in total. The fourth-order valence-corrected chi connectivity index (χ4v) is 2.85. The average molecular weight is 347 g/mol. The Morgan fingerprint density at radius 2 is 1.92 bits per heavy atom. The van der Waals surface area contributed by atoms with E-state index in [0.29, 0.717) is 11.5 Å². The van der Waals surface area contributed by atoms with Gasteiger partial charge in [0.2, 0.25) is 0 Å². The number of hydrogen-bond donors (Lipinski definition) is 0. The second-order valence-electron chi connectivity index (χ2n) is 6.00. The Balaban J connectivity index is 1.84. The minimum atomic E-state index is 0.701. The molecule has 0 aliphatic carbocycles. The molecule has 0 spiro atoms. The van der Waals surface area contributed by atoms with E-state index in [0.717, 1.165) is 33.5 Å². The molecule has 4 aromatic heterocycles. The van der Waals surface area contributed by atoms with Crippen LogP contribution in [0.2, 0.25) is 0 Å². The lowest BCUT2D eigenvalue weighted by Gasteiger charge is -2.06. The summed E-state index contributed by atoms with van der Waals surface area (Å²) < 4.78 is 14.3. The number of aryl methyl sites for hydroxylation is 3. The summed E-state index contributed by atoms with van der Waals surface area (Å²) in [7, 11) is 3.52. The molecule has 7 heteroatoms. The predicted molar refractivity (Wildman–Crippen MR) is 95.9 cm³/mol. The van der Waals surface area contributed by atoms with Crippen LogP contribution in [0, 0.1) is 25.7 Å². The summed E-state index contributed by atoms with van der Waals surface area (Å²) in [5.74, 6) is 7.69. The fourth-order valence-electron chi connectivity index (χ4n) is 2.85. The minimum Gasteiger partial charge on any atom is -0.494 e. The molecule has 0 saturated heterocycles. The minimum absolute atomic E-state index is 0.701. The van der Waals surface area contributed by atoms with Crippen molar-refractivity contribution in [2.75, 3.05) is 7.11 Å². The zero-order chi connectivity index (χ0) is 18.3. The van der Waals surface area contributed by atoms with Crippen LogP contribution in [0.3, 0.4) is 0 Å². The highest BCUT2D eigenvalue weighted by atomic mass is 16.5. The van der Waals surface area contributed by atoms with E-state index in [-0.39, 0.29) is 0 Å². The number of fused-ring (bicyclic) bond motifs is 1. The van der Waals surface area contributed by atoms with Crippen LogP contribution in [-0.2, 0) is 7.05 Å². The first kappa shape index (κ1) is 16.0. The fraction of sp³-hybridized carbons (Fsp3) is 0.211. The topological polar surface area (TPSA) is 70.4 Å². The van der Waals surface area contributed by atoms with Crippen LogP contribution in [0.4, 0.5) is 0 Å². The van der Waals surface area contributed by atoms with Gasteiger partial charge in [-0.05, 0) is 19.9 Å². The third kappa shape index (κ3) is 2.62. The van der Waals surface area contributed by atoms with Gasteiger partial charge in [-0.1, -0.05) is 17.0 Å². The summed E-state index contributed by atoms with van der Waals surface area (Å²) in [6.07, 6.45) is 7.43. The Morgan fingerprint density at radius 3 is 2.58 bits per heavy atom. The number of methoxy groups -OCH3 is 1. The van der Waals surface area contributed by atoms with Crippen LogP contribution >= 0.6 is 0 Å². The molecule has 0 aromatic carbocycles. The van der Waals surface area contributed by atoms with Gasteiger partial charge in [0.1, 0.15) is 17.0 Å². The van der Waals surface area contributed by atoms with Crippen LogP contribution in [0.5, 0.6) is 5.75 Å². The van der Waals surface area contributed by atoms with E-state index < -0.39 is 0 Å². The molecule has 0 N–H and O–H groups in total. The second-order valence-corrected chi connectivity index (χ2v) is 6.00. The first-order chi connectivity index (χ1) is 12.6. The van der Waals surface area contributed by atoms with Crippen LogP contribution in [-0.4, -0.2) is 31.7 Å². The molecule has 130 valence electrons. The van der Waals surface area contributed by atoms with Crippen molar-refractivity contribution in [1.82, 2.24) is 24.6 Å². The molecule has 0 unspecified atom stereocenters. The van der Waals surface area contributed by atoms with Gasteiger partial charge in [-0.2, -0.15) is 10.2 Å². The van der Waals surface area contributed by atoms with Gasteiger partial charge in [-0.25, -0.2) is 4.52 Å². The highest BCUT2D eigenvalue weighted by molar-refractivity contribution is 5.75. The van der Waals surface area contributed by atoms with Crippen molar-refractivity contribution in [3.05, 3.63) is 53.4 Å². The molecule has 0 fully saturated rings. The maximum atomic E-state index is 5.59. The van der Waals surface area contributed by atoms with Crippen LogP contribution in [0.1, 0.15) is 22.6 Å². The monoisotopic (exact) mass is 347 g/mol. The molecule has 4 aromatic rings. The van der Waals surface area contributed by atoms with E-state index >= 15 is 0 Å². The molecule has 26 heavy (non-hydrogen) atoms. The molecular weight excluding hydrogens is 330 g/mol. The Kier molecular flexibility index (Phi) is 3.73. The number of rotatable bonds is 2. The molecule has 0 bridgehead atoms. The van der Waals surface area contributed by atoms with E-state index in [1.54, 1.807) is 22.5 Å². The van der Waals surface area contributed by atoms with Gasteiger partial charge < -0.3 is 9.26 Å². The van der Waals surface area contributed by atoms with Crippen molar-refractivity contribution in [2.24, 2.45) is 7.05 Å². The average Bonchev–Trinajstić information content (AvgIpc) is 3.32. The molecule has 4 rings (SSSR count). The molecule has 0 amide bonds. The Morgan fingerprint density at radius 1 is 1.08 bits per heavy atom. The van der Waals surface area contributed by atoms with Gasteiger partial charge in [0.25, 0.3) is 0 Å². The molecule has 0 aliphatic rings. The van der Waals surface area contributed by atoms with E-state index in [9.17, 15) is 0 Å². The highest BCUT2D eigenvalue weighted by Crippen LogP contribution is 2.29. The van der Waals surface area contributed by atoms with Gasteiger partial charge in [0.15, 0.2) is 0 Å². The van der Waals surface area contributed by atoms with Gasteiger partial charge in [0.05, 0.1) is 36.3 Å². The molecule has 0 aliphatic heterocycles. The highest BCUT2D eigenvalue weighted by Gasteiger charge is 2.13. The molecule has 4 heterocycles. The maximum Gasteiger partial charge on any atom is 0.149 e. The van der Waals surface area contributed by atoms with Gasteiger partial charge >= 0.3 is 0 Å². The van der Waals surface area contributed by atoms with Crippen molar-refractivity contribution in [2.45, 2.75) is 13.8 Å². The van der Waals surface area contributed by atoms with Crippen molar-refractivity contribution >= 4 is 5.52 Å². The zero-order valence-electron chi connectivity index (χ0n) is 14.9. The zero-order valence-corrected chi connectivity index (χ0v) is 14.9. The molecule has 0 atom stereocenters. The van der Waals surface area contributed by atoms with Crippen LogP contribution < -0.4 is 4.74 Å². The first-order valence-electron chi connectivity index (χ1n) is 8.06. The number of nitrogens with zero attached hydrogens (tertiary/aromatic N) is 5. The quantitative estimate of drug-likeness (QED) is 0.522. The van der Waals surface area contributed by atoms with E-state index in [1.165, 1.54) is 0 Å².